The number of imide groups is 1. The minimum Gasteiger partial charge on any atom is -0.425 e. The average molecular weight is 351 g/mol. The van der Waals surface area contributed by atoms with Gasteiger partial charge in [0.15, 0.2) is 0 Å². The maximum Gasteiger partial charge on any atom is 0.334 e. The largest absolute Gasteiger partial charge is 0.425 e. The highest BCUT2D eigenvalue weighted by Crippen LogP contribution is 2.28. The molecule has 2 aromatic carbocycles. The van der Waals surface area contributed by atoms with Crippen molar-refractivity contribution in [3.05, 3.63) is 65.2 Å². The number of carbonyl (C=O) groups excluding carboxylic acids is 3. The van der Waals surface area contributed by atoms with E-state index in [1.54, 1.807) is 36.4 Å². The molecule has 0 saturated heterocycles. The van der Waals surface area contributed by atoms with Crippen molar-refractivity contribution in [2.75, 3.05) is 0 Å². The molecule has 3 rings (SSSR count). The lowest BCUT2D eigenvalue weighted by molar-refractivity contribution is -0.139. The normalized spacial score (nSPS) is 14.5. The van der Waals surface area contributed by atoms with Crippen LogP contribution in [-0.4, -0.2) is 28.7 Å². The van der Waals surface area contributed by atoms with Gasteiger partial charge in [0.1, 0.15) is 11.8 Å². The van der Waals surface area contributed by atoms with Crippen LogP contribution in [0.5, 0.6) is 5.75 Å². The molecule has 1 aliphatic heterocycles. The van der Waals surface area contributed by atoms with E-state index in [4.69, 9.17) is 4.74 Å². The van der Waals surface area contributed by atoms with Gasteiger partial charge in [0.25, 0.3) is 11.8 Å². The Bertz CT molecular complexity index is 820. The summed E-state index contributed by atoms with van der Waals surface area (Å²) in [7, 11) is 0. The van der Waals surface area contributed by atoms with Crippen molar-refractivity contribution in [1.82, 2.24) is 4.90 Å². The van der Waals surface area contributed by atoms with Gasteiger partial charge in [-0.2, -0.15) is 0 Å². The summed E-state index contributed by atoms with van der Waals surface area (Å²) in [6.07, 6.45) is 0.343. The Kier molecular flexibility index (Phi) is 4.89. The summed E-state index contributed by atoms with van der Waals surface area (Å²) in [5.41, 5.74) is 1.70. The van der Waals surface area contributed by atoms with Gasteiger partial charge in [0.2, 0.25) is 0 Å². The van der Waals surface area contributed by atoms with Crippen LogP contribution in [0, 0.1) is 12.8 Å². The van der Waals surface area contributed by atoms with E-state index in [0.29, 0.717) is 23.3 Å². The van der Waals surface area contributed by atoms with Crippen molar-refractivity contribution >= 4 is 17.8 Å². The highest BCUT2D eigenvalue weighted by atomic mass is 16.5. The molecule has 0 saturated carbocycles. The van der Waals surface area contributed by atoms with Gasteiger partial charge in [0.05, 0.1) is 11.1 Å². The summed E-state index contributed by atoms with van der Waals surface area (Å²) in [6.45, 7) is 5.81. The zero-order valence-corrected chi connectivity index (χ0v) is 15.1. The van der Waals surface area contributed by atoms with Gasteiger partial charge in [-0.05, 0) is 43.5 Å². The summed E-state index contributed by atoms with van der Waals surface area (Å²) < 4.78 is 5.46. The fraction of sp³-hybridized carbons (Fsp3) is 0.286. The Morgan fingerprint density at radius 1 is 0.962 bits per heavy atom. The van der Waals surface area contributed by atoms with E-state index in [1.807, 2.05) is 32.9 Å². The Labute approximate surface area is 152 Å². The predicted molar refractivity (Wildman–Crippen MR) is 97.0 cm³/mol. The van der Waals surface area contributed by atoms with Crippen molar-refractivity contribution in [1.29, 1.82) is 0 Å². The quantitative estimate of drug-likeness (QED) is 0.469. The lowest BCUT2D eigenvalue weighted by Crippen LogP contribution is -2.47. The molecule has 2 amide bonds. The molecule has 0 radical (unpaired) electrons. The van der Waals surface area contributed by atoms with Crippen molar-refractivity contribution < 1.29 is 19.1 Å². The molecule has 1 heterocycles. The number of carbonyl (C=O) groups is 3. The van der Waals surface area contributed by atoms with Gasteiger partial charge in [-0.25, -0.2) is 4.79 Å². The van der Waals surface area contributed by atoms with E-state index in [-0.39, 0.29) is 5.92 Å². The molecule has 0 aromatic heterocycles. The molecule has 2 aromatic rings. The SMILES string of the molecule is Cc1ccc(OC(=O)[C@H](CC(C)C)N2C(=O)c3ccccc3C2=O)cc1. The summed E-state index contributed by atoms with van der Waals surface area (Å²) in [5, 5.41) is 0. The van der Waals surface area contributed by atoms with Crippen LogP contribution in [0.25, 0.3) is 0 Å². The molecule has 0 fully saturated rings. The molecule has 26 heavy (non-hydrogen) atoms. The second-order valence-electron chi connectivity index (χ2n) is 6.91. The van der Waals surface area contributed by atoms with Crippen LogP contribution in [0.15, 0.2) is 48.5 Å². The molecule has 0 unspecified atom stereocenters. The number of hydrogen-bond acceptors (Lipinski definition) is 4. The Hall–Kier alpha value is -2.95. The number of rotatable bonds is 5. The Morgan fingerprint density at radius 3 is 2.00 bits per heavy atom. The third-order valence-corrected chi connectivity index (χ3v) is 4.34. The zero-order chi connectivity index (χ0) is 18.8. The van der Waals surface area contributed by atoms with E-state index in [1.165, 1.54) is 0 Å². The third kappa shape index (κ3) is 3.38. The van der Waals surface area contributed by atoms with Crippen LogP contribution in [0.1, 0.15) is 46.5 Å². The first-order valence-electron chi connectivity index (χ1n) is 8.63. The number of ether oxygens (including phenoxy) is 1. The highest BCUT2D eigenvalue weighted by molar-refractivity contribution is 6.22. The summed E-state index contributed by atoms with van der Waals surface area (Å²) in [5.74, 6) is -0.993. The molecular weight excluding hydrogens is 330 g/mol. The van der Waals surface area contributed by atoms with Crippen LogP contribution in [-0.2, 0) is 4.79 Å². The van der Waals surface area contributed by atoms with Crippen LogP contribution >= 0.6 is 0 Å². The molecule has 1 aliphatic rings. The van der Waals surface area contributed by atoms with Gasteiger partial charge in [0, 0.05) is 0 Å². The number of hydrogen-bond donors (Lipinski definition) is 0. The third-order valence-electron chi connectivity index (χ3n) is 4.34. The van der Waals surface area contributed by atoms with Gasteiger partial charge in [-0.1, -0.05) is 43.7 Å². The van der Waals surface area contributed by atoms with Crippen molar-refractivity contribution in [2.45, 2.75) is 33.2 Å². The second-order valence-corrected chi connectivity index (χ2v) is 6.91. The summed E-state index contributed by atoms with van der Waals surface area (Å²) >= 11 is 0. The van der Waals surface area contributed by atoms with Gasteiger partial charge < -0.3 is 4.74 Å². The monoisotopic (exact) mass is 351 g/mol. The second kappa shape index (κ2) is 7.12. The number of amides is 2. The number of nitrogens with zero attached hydrogens (tertiary/aromatic N) is 1. The molecule has 5 nitrogen and oxygen atoms in total. The standard InChI is InChI=1S/C21H21NO4/c1-13(2)12-18(21(25)26-15-10-8-14(3)9-11-15)22-19(23)16-6-4-5-7-17(16)20(22)24/h4-11,13,18H,12H2,1-3H3/t18-/m0/s1. The maximum absolute atomic E-state index is 12.8. The fourth-order valence-electron chi connectivity index (χ4n) is 3.03. The minimum absolute atomic E-state index is 0.106. The summed E-state index contributed by atoms with van der Waals surface area (Å²) in [6, 6.07) is 12.7. The number of aryl methyl sites for hydroxylation is 1. The van der Waals surface area contributed by atoms with Gasteiger partial charge in [-0.3, -0.25) is 14.5 Å². The lowest BCUT2D eigenvalue weighted by atomic mass is 10.0. The molecule has 1 atom stereocenters. The lowest BCUT2D eigenvalue weighted by Gasteiger charge is -2.25. The molecule has 0 spiro atoms. The predicted octanol–water partition coefficient (Wildman–Crippen LogP) is 3.61. The number of esters is 1. The first kappa shape index (κ1) is 17.9. The van der Waals surface area contributed by atoms with Crippen molar-refractivity contribution in [3.8, 4) is 5.75 Å². The smallest absolute Gasteiger partial charge is 0.334 e. The Morgan fingerprint density at radius 2 is 1.50 bits per heavy atom. The van der Waals surface area contributed by atoms with Crippen LogP contribution in [0.4, 0.5) is 0 Å². The Balaban J connectivity index is 1.89. The first-order valence-corrected chi connectivity index (χ1v) is 8.63. The zero-order valence-electron chi connectivity index (χ0n) is 15.1. The fourth-order valence-corrected chi connectivity index (χ4v) is 3.03. The van der Waals surface area contributed by atoms with E-state index in [2.05, 4.69) is 0 Å². The highest BCUT2D eigenvalue weighted by Gasteiger charge is 2.43. The number of benzene rings is 2. The van der Waals surface area contributed by atoms with Crippen LogP contribution < -0.4 is 4.74 Å². The topological polar surface area (TPSA) is 63.7 Å². The molecule has 5 heteroatoms. The van der Waals surface area contributed by atoms with Crippen molar-refractivity contribution in [2.24, 2.45) is 5.92 Å². The van der Waals surface area contributed by atoms with E-state index < -0.39 is 23.8 Å². The van der Waals surface area contributed by atoms with E-state index >= 15 is 0 Å². The molecular formula is C21H21NO4. The van der Waals surface area contributed by atoms with E-state index in [9.17, 15) is 14.4 Å². The van der Waals surface area contributed by atoms with Crippen LogP contribution in [0.3, 0.4) is 0 Å². The minimum atomic E-state index is -0.955. The van der Waals surface area contributed by atoms with Crippen LogP contribution in [0.2, 0.25) is 0 Å². The van der Waals surface area contributed by atoms with Crippen molar-refractivity contribution in [3.63, 3.8) is 0 Å². The van der Waals surface area contributed by atoms with Gasteiger partial charge >= 0.3 is 5.97 Å². The number of fused-ring (bicyclic) bond motifs is 1. The van der Waals surface area contributed by atoms with E-state index in [0.717, 1.165) is 10.5 Å². The first-order chi connectivity index (χ1) is 12.4. The molecule has 0 aliphatic carbocycles. The maximum atomic E-state index is 12.8. The average Bonchev–Trinajstić information content (AvgIpc) is 2.86. The molecule has 0 bridgehead atoms. The summed E-state index contributed by atoms with van der Waals surface area (Å²) in [4.78, 5) is 39.3. The molecule has 0 N–H and O–H groups in total. The molecule has 134 valence electrons. The van der Waals surface area contributed by atoms with Gasteiger partial charge in [-0.15, -0.1) is 0 Å².